The van der Waals surface area contributed by atoms with Crippen LogP contribution in [0.5, 0.6) is 11.5 Å². The number of hydrogen-bond acceptors (Lipinski definition) is 9. The number of primary amides is 1. The van der Waals surface area contributed by atoms with Gasteiger partial charge in [0.2, 0.25) is 5.91 Å². The van der Waals surface area contributed by atoms with Crippen molar-refractivity contribution in [2.45, 2.75) is 19.1 Å². The Hall–Kier alpha value is -3.54. The van der Waals surface area contributed by atoms with E-state index in [2.05, 4.69) is 0 Å². The van der Waals surface area contributed by atoms with Gasteiger partial charge in [-0.3, -0.25) is 14.4 Å². The molecule has 0 aromatic heterocycles. The second kappa shape index (κ2) is 14.9. The van der Waals surface area contributed by atoms with Crippen molar-refractivity contribution in [1.82, 2.24) is 0 Å². The summed E-state index contributed by atoms with van der Waals surface area (Å²) in [5.74, 6) is -3.70. The Morgan fingerprint density at radius 1 is 0.892 bits per heavy atom. The topological polar surface area (TPSA) is 171 Å². The molecule has 2 aromatic rings. The summed E-state index contributed by atoms with van der Waals surface area (Å²) in [6.07, 6.45) is -1.43. The Kier molecular flexibility index (Phi) is 11.9. The predicted octanol–water partition coefficient (Wildman–Crippen LogP) is 2.50. The lowest BCUT2D eigenvalue weighted by atomic mass is 10.00. The third-order valence-corrected chi connectivity index (χ3v) is 5.39. The normalized spacial score (nSPS) is 12.2. The highest BCUT2D eigenvalue weighted by atomic mass is 35.5. The number of carbonyl (C=O) groups excluding carboxylic acids is 3. The Labute approximate surface area is 223 Å². The van der Waals surface area contributed by atoms with Crippen LogP contribution in [0.3, 0.4) is 0 Å². The van der Waals surface area contributed by atoms with Crippen LogP contribution >= 0.6 is 23.2 Å². The summed E-state index contributed by atoms with van der Waals surface area (Å²) in [7, 11) is 0. The molecular weight excluding hydrogens is 529 g/mol. The Balaban J connectivity index is 1.84. The second-order valence-corrected chi connectivity index (χ2v) is 8.46. The van der Waals surface area contributed by atoms with Crippen LogP contribution in [0.1, 0.15) is 12.0 Å². The van der Waals surface area contributed by atoms with Gasteiger partial charge < -0.3 is 35.7 Å². The SMILES string of the molecule is NC(=O)C(C[C@H](N)C(=O)OCc1ccc(OC(=O)Oc2ccc(N(CCCl)CCCl)cc2)cc1)C(=O)O. The minimum absolute atomic E-state index is 0.178. The number of carboxylic acid groups (broad SMARTS) is 1. The van der Waals surface area contributed by atoms with Crippen molar-refractivity contribution in [2.75, 3.05) is 29.7 Å². The van der Waals surface area contributed by atoms with E-state index in [0.29, 0.717) is 30.4 Å². The highest BCUT2D eigenvalue weighted by molar-refractivity contribution is 6.18. The fourth-order valence-corrected chi connectivity index (χ4v) is 3.52. The van der Waals surface area contributed by atoms with Crippen LogP contribution in [-0.2, 0) is 25.7 Å². The largest absolute Gasteiger partial charge is 0.519 e. The zero-order chi connectivity index (χ0) is 27.4. The van der Waals surface area contributed by atoms with E-state index in [-0.39, 0.29) is 18.1 Å². The maximum Gasteiger partial charge on any atom is 0.519 e. The summed E-state index contributed by atoms with van der Waals surface area (Å²) in [5, 5.41) is 8.96. The lowest BCUT2D eigenvalue weighted by Gasteiger charge is -2.22. The molecule has 0 spiro atoms. The van der Waals surface area contributed by atoms with Crippen molar-refractivity contribution in [2.24, 2.45) is 17.4 Å². The van der Waals surface area contributed by atoms with Gasteiger partial charge >= 0.3 is 18.1 Å². The summed E-state index contributed by atoms with van der Waals surface area (Å²) in [5.41, 5.74) is 12.0. The van der Waals surface area contributed by atoms with E-state index in [4.69, 9.17) is 54.0 Å². The average Bonchev–Trinajstić information content (AvgIpc) is 2.86. The van der Waals surface area contributed by atoms with Gasteiger partial charge in [0, 0.05) is 30.5 Å². The minimum Gasteiger partial charge on any atom is -0.481 e. The fourth-order valence-electron chi connectivity index (χ4n) is 3.12. The molecule has 0 aliphatic heterocycles. The molecule has 11 nitrogen and oxygen atoms in total. The zero-order valence-corrected chi connectivity index (χ0v) is 21.2. The summed E-state index contributed by atoms with van der Waals surface area (Å²) in [6, 6.07) is 11.5. The van der Waals surface area contributed by atoms with Gasteiger partial charge in [0.25, 0.3) is 0 Å². The highest BCUT2D eigenvalue weighted by Crippen LogP contribution is 2.21. The molecule has 0 bridgehead atoms. The van der Waals surface area contributed by atoms with Gasteiger partial charge in [-0.2, -0.15) is 0 Å². The van der Waals surface area contributed by atoms with Crippen molar-refractivity contribution >= 4 is 52.9 Å². The fraction of sp³-hybridized carbons (Fsp3) is 0.333. The molecule has 5 N–H and O–H groups in total. The first-order chi connectivity index (χ1) is 17.6. The lowest BCUT2D eigenvalue weighted by Crippen LogP contribution is -2.40. The van der Waals surface area contributed by atoms with Crippen molar-refractivity contribution in [3.8, 4) is 11.5 Å². The van der Waals surface area contributed by atoms with Gasteiger partial charge in [-0.05, 0) is 48.4 Å². The van der Waals surface area contributed by atoms with Crippen LogP contribution in [0.4, 0.5) is 10.5 Å². The van der Waals surface area contributed by atoms with Gasteiger partial charge in [0.15, 0.2) is 0 Å². The number of amides is 1. The molecule has 37 heavy (non-hydrogen) atoms. The summed E-state index contributed by atoms with van der Waals surface area (Å²) < 4.78 is 15.4. The summed E-state index contributed by atoms with van der Waals surface area (Å²) in [6.45, 7) is 1.07. The number of hydrogen-bond donors (Lipinski definition) is 3. The number of aliphatic carboxylic acids is 1. The number of esters is 1. The molecule has 0 heterocycles. The molecule has 2 rings (SSSR count). The van der Waals surface area contributed by atoms with E-state index in [9.17, 15) is 19.2 Å². The lowest BCUT2D eigenvalue weighted by molar-refractivity contribution is -0.149. The molecule has 0 saturated carbocycles. The first kappa shape index (κ1) is 29.7. The quantitative estimate of drug-likeness (QED) is 0.136. The standard InChI is InChI=1S/C24H27Cl2N3O8/c25-9-11-29(12-10-26)16-3-7-18(8-4-16)37-24(34)36-17-5-1-15(2-6-17)14-35-23(33)20(27)13-19(21(28)30)22(31)32/h1-8,19-20H,9-14,27H2,(H2,28,30)(H,31,32)/t19?,20-/m0/s1. The summed E-state index contributed by atoms with van der Waals surface area (Å²) in [4.78, 5) is 48.3. The van der Waals surface area contributed by atoms with E-state index >= 15 is 0 Å². The van der Waals surface area contributed by atoms with E-state index in [0.717, 1.165) is 5.69 Å². The van der Waals surface area contributed by atoms with E-state index < -0.39 is 42.4 Å². The molecule has 1 unspecified atom stereocenters. The maximum atomic E-state index is 12.1. The smallest absolute Gasteiger partial charge is 0.481 e. The van der Waals surface area contributed by atoms with Gasteiger partial charge in [-0.15, -0.1) is 23.2 Å². The Morgan fingerprint density at radius 2 is 1.41 bits per heavy atom. The number of halogens is 2. The number of nitrogens with two attached hydrogens (primary N) is 2. The molecule has 0 aliphatic rings. The van der Waals surface area contributed by atoms with Crippen molar-refractivity contribution < 1.29 is 38.5 Å². The minimum atomic E-state index is -1.60. The highest BCUT2D eigenvalue weighted by Gasteiger charge is 2.29. The van der Waals surface area contributed by atoms with Crippen LogP contribution in [0, 0.1) is 5.92 Å². The average molecular weight is 556 g/mol. The van der Waals surface area contributed by atoms with Gasteiger partial charge in [-0.25, -0.2) is 4.79 Å². The van der Waals surface area contributed by atoms with Gasteiger partial charge in [0.05, 0.1) is 0 Å². The molecule has 2 aromatic carbocycles. The molecule has 13 heteroatoms. The number of alkyl halides is 2. The Bertz CT molecular complexity index is 1050. The van der Waals surface area contributed by atoms with Gasteiger partial charge in [0.1, 0.15) is 30.1 Å². The first-order valence-corrected chi connectivity index (χ1v) is 12.1. The molecule has 0 radical (unpaired) electrons. The van der Waals surface area contributed by atoms with Crippen molar-refractivity contribution in [3.63, 3.8) is 0 Å². The number of anilines is 1. The number of carboxylic acids is 1. The molecular formula is C24H27Cl2N3O8. The van der Waals surface area contributed by atoms with Crippen LogP contribution < -0.4 is 25.8 Å². The predicted molar refractivity (Wildman–Crippen MR) is 136 cm³/mol. The molecule has 1 amide bonds. The van der Waals surface area contributed by atoms with Crippen LogP contribution in [0.2, 0.25) is 0 Å². The maximum absolute atomic E-state index is 12.1. The number of benzene rings is 2. The molecule has 2 atom stereocenters. The number of rotatable bonds is 14. The molecule has 200 valence electrons. The van der Waals surface area contributed by atoms with E-state index in [1.54, 1.807) is 36.4 Å². The van der Waals surface area contributed by atoms with Crippen molar-refractivity contribution in [1.29, 1.82) is 0 Å². The summed E-state index contributed by atoms with van der Waals surface area (Å²) >= 11 is 11.6. The number of nitrogens with zero attached hydrogens (tertiary/aromatic N) is 1. The molecule has 0 aliphatic carbocycles. The zero-order valence-electron chi connectivity index (χ0n) is 19.7. The van der Waals surface area contributed by atoms with Crippen LogP contribution in [0.25, 0.3) is 0 Å². The molecule has 0 fully saturated rings. The molecule has 0 saturated heterocycles. The van der Waals surface area contributed by atoms with Crippen LogP contribution in [0.15, 0.2) is 48.5 Å². The second-order valence-electron chi connectivity index (χ2n) is 7.70. The third kappa shape index (κ3) is 9.79. The van der Waals surface area contributed by atoms with E-state index in [1.807, 2.05) is 4.90 Å². The van der Waals surface area contributed by atoms with E-state index in [1.165, 1.54) is 12.1 Å². The first-order valence-electron chi connectivity index (χ1n) is 11.0. The monoisotopic (exact) mass is 555 g/mol. The van der Waals surface area contributed by atoms with Gasteiger partial charge in [-0.1, -0.05) is 12.1 Å². The number of ether oxygens (including phenoxy) is 3. The number of carbonyl (C=O) groups is 4. The third-order valence-electron chi connectivity index (χ3n) is 5.05. The van der Waals surface area contributed by atoms with Crippen LogP contribution in [-0.4, -0.2) is 60.0 Å². The Morgan fingerprint density at radius 3 is 1.86 bits per heavy atom. The van der Waals surface area contributed by atoms with Crippen molar-refractivity contribution in [3.05, 3.63) is 54.1 Å².